The van der Waals surface area contributed by atoms with E-state index in [2.05, 4.69) is 30.7 Å². The van der Waals surface area contributed by atoms with Crippen LogP contribution < -0.4 is 5.56 Å². The van der Waals surface area contributed by atoms with E-state index in [9.17, 15) is 4.79 Å². The van der Waals surface area contributed by atoms with Gasteiger partial charge >= 0.3 is 0 Å². The number of pyridine rings is 1. The SMILES string of the molecule is CC(C)(C)c1nn(-c2ccccc2)c2[nH]c(=O)c(CN3CCOCC3)cc12. The van der Waals surface area contributed by atoms with Gasteiger partial charge in [-0.15, -0.1) is 0 Å². The summed E-state index contributed by atoms with van der Waals surface area (Å²) in [6, 6.07) is 12.0. The third kappa shape index (κ3) is 3.55. The lowest BCUT2D eigenvalue weighted by molar-refractivity contribution is 0.0340. The normalized spacial score (nSPS) is 16.1. The van der Waals surface area contributed by atoms with Crippen LogP contribution in [0.1, 0.15) is 32.0 Å². The zero-order valence-electron chi connectivity index (χ0n) is 16.2. The Bertz CT molecular complexity index is 993. The van der Waals surface area contributed by atoms with Gasteiger partial charge < -0.3 is 9.72 Å². The number of H-pyrrole nitrogens is 1. The molecule has 1 fully saturated rings. The minimum atomic E-state index is -0.132. The molecule has 0 bridgehead atoms. The molecule has 0 saturated carbocycles. The standard InChI is InChI=1S/C21H26N4O2/c1-21(2,3)18-17-13-15(14-24-9-11-27-12-10-24)20(26)22-19(17)25(23-18)16-7-5-4-6-8-16/h4-8,13H,9-12,14H2,1-3H3,(H,22,26). The van der Waals surface area contributed by atoms with E-state index in [1.807, 2.05) is 41.1 Å². The molecule has 0 amide bonds. The summed E-state index contributed by atoms with van der Waals surface area (Å²) in [5.74, 6) is 0. The molecule has 6 nitrogen and oxygen atoms in total. The third-order valence-electron chi connectivity index (χ3n) is 4.97. The summed E-state index contributed by atoms with van der Waals surface area (Å²) in [7, 11) is 0. The third-order valence-corrected chi connectivity index (χ3v) is 4.97. The van der Waals surface area contributed by atoms with Crippen LogP contribution in [0, 0.1) is 0 Å². The molecule has 0 unspecified atom stereocenters. The van der Waals surface area contributed by atoms with E-state index in [1.54, 1.807) is 0 Å². The van der Waals surface area contributed by atoms with Crippen molar-refractivity contribution >= 4 is 11.0 Å². The zero-order valence-corrected chi connectivity index (χ0v) is 16.2. The molecule has 3 heterocycles. The van der Waals surface area contributed by atoms with Crippen molar-refractivity contribution in [2.24, 2.45) is 0 Å². The van der Waals surface area contributed by atoms with Crippen LogP contribution in [-0.2, 0) is 16.7 Å². The molecule has 27 heavy (non-hydrogen) atoms. The number of benzene rings is 1. The predicted octanol–water partition coefficient (Wildman–Crippen LogP) is 2.84. The second kappa shape index (κ2) is 6.94. The summed E-state index contributed by atoms with van der Waals surface area (Å²) < 4.78 is 7.26. The van der Waals surface area contributed by atoms with Gasteiger partial charge in [-0.05, 0) is 18.2 Å². The average Bonchev–Trinajstić information content (AvgIpc) is 3.02. The van der Waals surface area contributed by atoms with E-state index in [-0.39, 0.29) is 11.0 Å². The molecule has 4 rings (SSSR count). The Kier molecular flexibility index (Phi) is 4.61. The van der Waals surface area contributed by atoms with Crippen LogP contribution in [0.4, 0.5) is 0 Å². The van der Waals surface area contributed by atoms with Crippen LogP contribution in [0.15, 0.2) is 41.2 Å². The van der Waals surface area contributed by atoms with Gasteiger partial charge in [0.15, 0.2) is 0 Å². The van der Waals surface area contributed by atoms with E-state index in [4.69, 9.17) is 9.84 Å². The molecule has 2 aromatic heterocycles. The highest BCUT2D eigenvalue weighted by Gasteiger charge is 2.25. The first-order chi connectivity index (χ1) is 12.9. The van der Waals surface area contributed by atoms with E-state index < -0.39 is 0 Å². The van der Waals surface area contributed by atoms with Crippen molar-refractivity contribution in [3.05, 3.63) is 58.0 Å². The largest absolute Gasteiger partial charge is 0.379 e. The quantitative estimate of drug-likeness (QED) is 0.774. The number of para-hydroxylation sites is 1. The molecule has 0 spiro atoms. The predicted molar refractivity (Wildman–Crippen MR) is 106 cm³/mol. The molecule has 1 aliphatic rings. The lowest BCUT2D eigenvalue weighted by atomic mass is 9.90. The highest BCUT2D eigenvalue weighted by Crippen LogP contribution is 2.30. The molecule has 1 saturated heterocycles. The molecular formula is C21H26N4O2. The van der Waals surface area contributed by atoms with Gasteiger partial charge in [-0.25, -0.2) is 4.68 Å². The number of hydrogen-bond donors (Lipinski definition) is 1. The number of hydrogen-bond acceptors (Lipinski definition) is 4. The molecule has 6 heteroatoms. The van der Waals surface area contributed by atoms with Crippen LogP contribution in [0.3, 0.4) is 0 Å². The minimum absolute atomic E-state index is 0.0495. The van der Waals surface area contributed by atoms with Gasteiger partial charge in [0, 0.05) is 36.0 Å². The van der Waals surface area contributed by atoms with Crippen molar-refractivity contribution in [2.75, 3.05) is 26.3 Å². The van der Waals surface area contributed by atoms with Crippen molar-refractivity contribution in [3.63, 3.8) is 0 Å². The van der Waals surface area contributed by atoms with E-state index in [0.717, 1.165) is 54.3 Å². The Morgan fingerprint density at radius 2 is 1.85 bits per heavy atom. The van der Waals surface area contributed by atoms with Crippen LogP contribution >= 0.6 is 0 Å². The Hall–Kier alpha value is -2.44. The second-order valence-electron chi connectivity index (χ2n) is 8.12. The van der Waals surface area contributed by atoms with Gasteiger partial charge in [-0.2, -0.15) is 5.10 Å². The molecule has 3 aromatic rings. The summed E-state index contributed by atoms with van der Waals surface area (Å²) in [5, 5.41) is 5.88. The van der Waals surface area contributed by atoms with Crippen molar-refractivity contribution in [1.29, 1.82) is 0 Å². The fraction of sp³-hybridized carbons (Fsp3) is 0.429. The molecule has 1 N–H and O–H groups in total. The number of rotatable bonds is 3. The summed E-state index contributed by atoms with van der Waals surface area (Å²) in [6.45, 7) is 10.2. The van der Waals surface area contributed by atoms with Crippen LogP contribution in [0.25, 0.3) is 16.7 Å². The van der Waals surface area contributed by atoms with E-state index in [1.165, 1.54) is 0 Å². The Balaban J connectivity index is 1.85. The zero-order chi connectivity index (χ0) is 19.0. The van der Waals surface area contributed by atoms with Gasteiger partial charge in [0.2, 0.25) is 0 Å². The number of ether oxygens (including phenoxy) is 1. The van der Waals surface area contributed by atoms with Crippen molar-refractivity contribution in [2.45, 2.75) is 32.7 Å². The molecule has 0 atom stereocenters. The number of nitrogens with zero attached hydrogens (tertiary/aromatic N) is 3. The Morgan fingerprint density at radius 1 is 1.15 bits per heavy atom. The number of nitrogens with one attached hydrogen (secondary N) is 1. The van der Waals surface area contributed by atoms with Crippen molar-refractivity contribution in [3.8, 4) is 5.69 Å². The Morgan fingerprint density at radius 3 is 2.52 bits per heavy atom. The van der Waals surface area contributed by atoms with Crippen LogP contribution in [-0.4, -0.2) is 46.0 Å². The number of fused-ring (bicyclic) bond motifs is 1. The summed E-state index contributed by atoms with van der Waals surface area (Å²) in [5.41, 5.74) is 3.28. The van der Waals surface area contributed by atoms with Gasteiger partial charge in [0.25, 0.3) is 5.56 Å². The van der Waals surface area contributed by atoms with Crippen molar-refractivity contribution < 1.29 is 4.74 Å². The maximum absolute atomic E-state index is 12.8. The first kappa shape index (κ1) is 17.9. The molecule has 1 aliphatic heterocycles. The van der Waals surface area contributed by atoms with Gasteiger partial charge in [-0.3, -0.25) is 9.69 Å². The van der Waals surface area contributed by atoms with Crippen LogP contribution in [0.5, 0.6) is 0 Å². The summed E-state index contributed by atoms with van der Waals surface area (Å²) in [4.78, 5) is 18.2. The van der Waals surface area contributed by atoms with Gasteiger partial charge in [0.05, 0.1) is 24.6 Å². The molecule has 0 radical (unpaired) electrons. The topological polar surface area (TPSA) is 63.2 Å². The second-order valence-corrected chi connectivity index (χ2v) is 8.12. The molecule has 0 aliphatic carbocycles. The minimum Gasteiger partial charge on any atom is -0.379 e. The van der Waals surface area contributed by atoms with E-state index >= 15 is 0 Å². The monoisotopic (exact) mass is 366 g/mol. The smallest absolute Gasteiger partial charge is 0.254 e. The number of aromatic amines is 1. The average molecular weight is 366 g/mol. The Labute approximate surface area is 158 Å². The lowest BCUT2D eigenvalue weighted by Crippen LogP contribution is -2.37. The fourth-order valence-electron chi connectivity index (χ4n) is 3.54. The summed E-state index contributed by atoms with van der Waals surface area (Å²) >= 11 is 0. The van der Waals surface area contributed by atoms with E-state index in [0.29, 0.717) is 6.54 Å². The highest BCUT2D eigenvalue weighted by atomic mass is 16.5. The maximum atomic E-state index is 12.8. The first-order valence-electron chi connectivity index (χ1n) is 9.44. The maximum Gasteiger partial charge on any atom is 0.254 e. The van der Waals surface area contributed by atoms with Gasteiger partial charge in [-0.1, -0.05) is 39.0 Å². The number of morpholine rings is 1. The summed E-state index contributed by atoms with van der Waals surface area (Å²) in [6.07, 6.45) is 0. The fourth-order valence-corrected chi connectivity index (χ4v) is 3.54. The van der Waals surface area contributed by atoms with Crippen molar-refractivity contribution in [1.82, 2.24) is 19.7 Å². The first-order valence-corrected chi connectivity index (χ1v) is 9.44. The van der Waals surface area contributed by atoms with Crippen LogP contribution in [0.2, 0.25) is 0 Å². The molecular weight excluding hydrogens is 340 g/mol. The molecule has 142 valence electrons. The number of aromatic nitrogens is 3. The molecule has 1 aromatic carbocycles. The highest BCUT2D eigenvalue weighted by molar-refractivity contribution is 5.81. The lowest BCUT2D eigenvalue weighted by Gasteiger charge is -2.26. The van der Waals surface area contributed by atoms with Gasteiger partial charge in [0.1, 0.15) is 5.65 Å².